The van der Waals surface area contributed by atoms with Gasteiger partial charge in [0.25, 0.3) is 0 Å². The van der Waals surface area contributed by atoms with Gasteiger partial charge in [-0.25, -0.2) is 9.97 Å². The molecular formula is C50H53N9O5S. The number of para-hydroxylation sites is 1. The molecular weight excluding hydrogens is 839 g/mol. The minimum absolute atomic E-state index is 0.0534. The fourth-order valence-corrected chi connectivity index (χ4v) is 10.6. The predicted octanol–water partition coefficient (Wildman–Crippen LogP) is 8.50. The van der Waals surface area contributed by atoms with E-state index in [1.54, 1.807) is 29.5 Å². The number of aliphatic hydroxyl groups excluding tert-OH is 1. The Morgan fingerprint density at radius 1 is 0.908 bits per heavy atom. The largest absolute Gasteiger partial charge is 0.507 e. The number of rotatable bonds is 12. The monoisotopic (exact) mass is 891 g/mol. The number of thiazole rings is 1. The molecule has 0 bridgehead atoms. The number of phenols is 1. The molecule has 65 heavy (non-hydrogen) atoms. The number of likely N-dealkylation sites (tertiary alicyclic amines) is 1. The van der Waals surface area contributed by atoms with Gasteiger partial charge in [-0.1, -0.05) is 55.4 Å². The van der Waals surface area contributed by atoms with Crippen LogP contribution in [0.5, 0.6) is 5.75 Å². The third kappa shape index (κ3) is 8.16. The van der Waals surface area contributed by atoms with Gasteiger partial charge in [-0.15, -0.1) is 21.5 Å². The number of amides is 2. The summed E-state index contributed by atoms with van der Waals surface area (Å²) >= 11 is 1.59. The molecule has 5 aromatic heterocycles. The number of nitrogens with zero attached hydrogens (tertiary/aromatic N) is 8. The summed E-state index contributed by atoms with van der Waals surface area (Å²) in [5, 5.41) is 37.9. The highest BCUT2D eigenvalue weighted by Gasteiger charge is 2.44. The number of hydrogen-bond acceptors (Lipinski definition) is 12. The molecule has 3 N–H and O–H groups in total. The number of β-amino-alcohol motifs (C(OH)–C–C–N with tert-alkyl or cyclic N) is 1. The van der Waals surface area contributed by atoms with Gasteiger partial charge in [0.15, 0.2) is 0 Å². The Bertz CT molecular complexity index is 2900. The number of benzene rings is 2. The van der Waals surface area contributed by atoms with Crippen molar-refractivity contribution in [1.29, 1.82) is 0 Å². The van der Waals surface area contributed by atoms with E-state index in [0.29, 0.717) is 28.8 Å². The highest BCUT2D eigenvalue weighted by molar-refractivity contribution is 7.13. The van der Waals surface area contributed by atoms with Crippen molar-refractivity contribution in [2.75, 3.05) is 24.5 Å². The van der Waals surface area contributed by atoms with Crippen LogP contribution in [0.2, 0.25) is 0 Å². The summed E-state index contributed by atoms with van der Waals surface area (Å²) in [6.45, 7) is 11.6. The second-order valence-corrected chi connectivity index (χ2v) is 19.2. The van der Waals surface area contributed by atoms with Crippen LogP contribution in [0.25, 0.3) is 44.0 Å². The van der Waals surface area contributed by atoms with Gasteiger partial charge < -0.3 is 34.4 Å². The first kappa shape index (κ1) is 42.5. The van der Waals surface area contributed by atoms with Crippen molar-refractivity contribution in [2.45, 2.75) is 96.4 Å². The molecule has 1 unspecified atom stereocenters. The normalized spacial score (nSPS) is 19.6. The number of aliphatic hydroxyl groups is 1. The zero-order valence-electron chi connectivity index (χ0n) is 37.2. The van der Waals surface area contributed by atoms with Crippen LogP contribution in [-0.2, 0) is 9.59 Å². The maximum absolute atomic E-state index is 14.4. The molecule has 2 aromatic carbocycles. The van der Waals surface area contributed by atoms with Crippen molar-refractivity contribution in [3.8, 4) is 38.7 Å². The van der Waals surface area contributed by atoms with Crippen LogP contribution in [0, 0.1) is 19.8 Å². The van der Waals surface area contributed by atoms with E-state index < -0.39 is 18.1 Å². The van der Waals surface area contributed by atoms with Gasteiger partial charge in [0.05, 0.1) is 39.4 Å². The smallest absolute Gasteiger partial charge is 0.243 e. The van der Waals surface area contributed by atoms with E-state index in [1.807, 2.05) is 75.8 Å². The number of aryl methyl sites for hydroxylation is 2. The molecule has 10 rings (SSSR count). The predicted molar refractivity (Wildman–Crippen MR) is 249 cm³/mol. The van der Waals surface area contributed by atoms with Crippen LogP contribution in [0.1, 0.15) is 98.6 Å². The van der Waals surface area contributed by atoms with E-state index in [1.165, 1.54) is 10.6 Å². The van der Waals surface area contributed by atoms with Gasteiger partial charge >= 0.3 is 0 Å². The summed E-state index contributed by atoms with van der Waals surface area (Å²) in [7, 11) is 0. The fourth-order valence-electron chi connectivity index (χ4n) is 9.83. The number of aromatic hydroxyl groups is 1. The molecule has 7 aromatic rings. The molecule has 3 fully saturated rings. The van der Waals surface area contributed by atoms with Gasteiger partial charge in [0.2, 0.25) is 11.8 Å². The molecule has 334 valence electrons. The van der Waals surface area contributed by atoms with Crippen LogP contribution in [0.4, 0.5) is 5.82 Å². The topological polar surface area (TPSA) is 176 Å². The number of anilines is 1. The second kappa shape index (κ2) is 17.2. The van der Waals surface area contributed by atoms with Gasteiger partial charge in [-0.3, -0.25) is 9.59 Å². The van der Waals surface area contributed by atoms with Gasteiger partial charge in [-0.05, 0) is 93.0 Å². The highest BCUT2D eigenvalue weighted by Crippen LogP contribution is 2.44. The third-order valence-electron chi connectivity index (χ3n) is 13.4. The number of pyridine rings is 1. The molecule has 14 nitrogen and oxygen atoms in total. The van der Waals surface area contributed by atoms with E-state index >= 15 is 0 Å². The molecule has 2 amide bonds. The number of aromatic nitrogens is 6. The molecule has 7 heterocycles. The zero-order valence-corrected chi connectivity index (χ0v) is 38.0. The standard InChI is InChI=1S/C50H53N9O5S/c1-27(2)46(50(63)58-25-36(60)19-43(58)49(62)53-29(4)31-10-12-32(13-11-31)47-30(5)52-26-65-47)45-22-38(56-64-45)34-18-28(3)48(51-23-34)57-17-16-33(24-57)41-21-40-42(59(41)35-14-15-35)20-39(54-55-40)37-8-6-7-9-44(37)61/h6-13,18,20-23,26-27,29,33,35-36,43,46,60-61H,14-17,19,24-25H2,1-5H3,(H,53,62)/t29-,33+,36+,43-,46?/m0/s1. The Morgan fingerprint density at radius 3 is 2.43 bits per heavy atom. The molecule has 3 aliphatic rings. The second-order valence-electron chi connectivity index (χ2n) is 18.3. The maximum atomic E-state index is 14.4. The third-order valence-corrected chi connectivity index (χ3v) is 14.4. The Morgan fingerprint density at radius 2 is 1.71 bits per heavy atom. The Labute approximate surface area is 381 Å². The van der Waals surface area contributed by atoms with Gasteiger partial charge in [0, 0.05) is 67.1 Å². The van der Waals surface area contributed by atoms with Crippen molar-refractivity contribution in [3.05, 3.63) is 113 Å². The average molecular weight is 892 g/mol. The van der Waals surface area contributed by atoms with E-state index in [0.717, 1.165) is 82.0 Å². The first-order valence-electron chi connectivity index (χ1n) is 22.6. The number of hydrogen-bond donors (Lipinski definition) is 3. The van der Waals surface area contributed by atoms with Gasteiger partial charge in [-0.2, -0.15) is 0 Å². The Balaban J connectivity index is 0.821. The van der Waals surface area contributed by atoms with Gasteiger partial charge in [0.1, 0.15) is 40.5 Å². The quantitative estimate of drug-likeness (QED) is 0.107. The average Bonchev–Trinajstić information content (AvgIpc) is 3.80. The first-order valence-corrected chi connectivity index (χ1v) is 23.4. The van der Waals surface area contributed by atoms with Crippen LogP contribution >= 0.6 is 11.3 Å². The highest BCUT2D eigenvalue weighted by atomic mass is 32.1. The van der Waals surface area contributed by atoms with Crippen LogP contribution in [-0.4, -0.2) is 88.6 Å². The van der Waals surface area contributed by atoms with Crippen molar-refractivity contribution < 1.29 is 24.3 Å². The fraction of sp³-hybridized carbons (Fsp3) is 0.380. The number of phenolic OH excluding ortho intramolecular Hbond substituents is 1. The number of fused-ring (bicyclic) bond motifs is 1. The molecule has 15 heteroatoms. The SMILES string of the molecule is Cc1cc(-c2cc(C(C(=O)N3C[C@H](O)C[C@H]3C(=O)N[C@@H](C)c3ccc(-c4scnc4C)cc3)C(C)C)on2)cnc1N1CC[C@@H](c2cc3nnc(-c4ccccc4O)cc3n2C2CC2)C1. The zero-order chi connectivity index (χ0) is 45.1. The lowest BCUT2D eigenvalue weighted by atomic mass is 9.91. The molecule has 0 spiro atoms. The minimum Gasteiger partial charge on any atom is -0.507 e. The number of nitrogens with one attached hydrogen (secondary N) is 1. The first-order chi connectivity index (χ1) is 31.4. The number of carbonyl (C=O) groups is 2. The maximum Gasteiger partial charge on any atom is 0.243 e. The Hall–Kier alpha value is -6.45. The minimum atomic E-state index is -0.832. The van der Waals surface area contributed by atoms with Crippen molar-refractivity contribution in [2.24, 2.45) is 5.92 Å². The molecule has 2 aliphatic heterocycles. The summed E-state index contributed by atoms with van der Waals surface area (Å²) in [5.41, 5.74) is 11.7. The molecule has 2 saturated heterocycles. The van der Waals surface area contributed by atoms with Crippen LogP contribution in [0.3, 0.4) is 0 Å². The molecule has 0 radical (unpaired) electrons. The van der Waals surface area contributed by atoms with E-state index in [4.69, 9.17) is 9.51 Å². The lowest BCUT2D eigenvalue weighted by Crippen LogP contribution is -2.48. The molecule has 5 atom stereocenters. The number of carbonyl (C=O) groups excluding carboxylic acids is 2. The summed E-state index contributed by atoms with van der Waals surface area (Å²) in [6.07, 6.45) is 4.36. The van der Waals surface area contributed by atoms with Crippen molar-refractivity contribution in [3.63, 3.8) is 0 Å². The summed E-state index contributed by atoms with van der Waals surface area (Å²) in [5.74, 6) is 0.292. The van der Waals surface area contributed by atoms with Crippen molar-refractivity contribution in [1.82, 2.24) is 40.1 Å². The van der Waals surface area contributed by atoms with Crippen LogP contribution < -0.4 is 10.2 Å². The summed E-state index contributed by atoms with van der Waals surface area (Å²) < 4.78 is 8.37. The summed E-state index contributed by atoms with van der Waals surface area (Å²) in [4.78, 5) is 42.5. The van der Waals surface area contributed by atoms with E-state index in [9.17, 15) is 19.8 Å². The van der Waals surface area contributed by atoms with Crippen molar-refractivity contribution >= 4 is 40.0 Å². The lowest BCUT2D eigenvalue weighted by molar-refractivity contribution is -0.141. The van der Waals surface area contributed by atoms with Crippen LogP contribution in [0.15, 0.2) is 89.0 Å². The molecule has 1 aliphatic carbocycles. The molecule has 1 saturated carbocycles. The Kier molecular flexibility index (Phi) is 11.2. The lowest BCUT2D eigenvalue weighted by Gasteiger charge is -2.29. The summed E-state index contributed by atoms with van der Waals surface area (Å²) in [6, 6.07) is 22.7. The van der Waals surface area contributed by atoms with E-state index in [-0.39, 0.29) is 48.4 Å². The van der Waals surface area contributed by atoms with E-state index in [2.05, 4.69) is 60.2 Å².